The largest absolute Gasteiger partial charge is 0.393 e. The fourth-order valence-electron chi connectivity index (χ4n) is 10.1. The smallest absolute Gasteiger partial charge is 0.0594 e. The number of hydrogen-bond donors (Lipinski definition) is 3. The SMILES string of the molecule is CC(CCCC(C)(C)O)C1C(O)CC2C(CCC3C(C)(C)C(O)CCC34CC4C)CCCC21C. The molecule has 34 heavy (non-hydrogen) atoms. The van der Waals surface area contributed by atoms with Gasteiger partial charge in [-0.25, -0.2) is 0 Å². The molecule has 4 aliphatic carbocycles. The van der Waals surface area contributed by atoms with E-state index in [1.54, 1.807) is 0 Å². The first-order valence-electron chi connectivity index (χ1n) is 14.8. The molecule has 3 heteroatoms. The maximum atomic E-state index is 11.3. The summed E-state index contributed by atoms with van der Waals surface area (Å²) in [5.41, 5.74) is 0.178. The van der Waals surface area contributed by atoms with Crippen LogP contribution in [-0.4, -0.2) is 33.1 Å². The maximum Gasteiger partial charge on any atom is 0.0594 e. The minimum Gasteiger partial charge on any atom is -0.393 e. The highest BCUT2D eigenvalue weighted by Gasteiger charge is 2.63. The summed E-state index contributed by atoms with van der Waals surface area (Å²) < 4.78 is 0. The molecule has 10 atom stereocenters. The predicted molar refractivity (Wildman–Crippen MR) is 140 cm³/mol. The third-order valence-electron chi connectivity index (χ3n) is 12.1. The van der Waals surface area contributed by atoms with Crippen molar-refractivity contribution in [3.8, 4) is 0 Å². The van der Waals surface area contributed by atoms with Gasteiger partial charge in [-0.15, -0.1) is 0 Å². The van der Waals surface area contributed by atoms with Crippen LogP contribution < -0.4 is 0 Å². The third kappa shape index (κ3) is 4.76. The Morgan fingerprint density at radius 2 is 1.71 bits per heavy atom. The Bertz CT molecular complexity index is 708. The lowest BCUT2D eigenvalue weighted by molar-refractivity contribution is -0.0784. The Morgan fingerprint density at radius 1 is 1.03 bits per heavy atom. The molecule has 0 saturated heterocycles. The molecule has 4 aliphatic rings. The molecule has 0 heterocycles. The fraction of sp³-hybridized carbons (Fsp3) is 1.00. The van der Waals surface area contributed by atoms with Crippen molar-refractivity contribution in [2.24, 2.45) is 51.8 Å². The quantitative estimate of drug-likeness (QED) is 0.354. The zero-order valence-electron chi connectivity index (χ0n) is 23.4. The van der Waals surface area contributed by atoms with Crippen LogP contribution in [0.15, 0.2) is 0 Å². The Morgan fingerprint density at radius 3 is 2.32 bits per heavy atom. The van der Waals surface area contributed by atoms with Gasteiger partial charge in [-0.3, -0.25) is 0 Å². The molecule has 0 aliphatic heterocycles. The molecule has 4 saturated carbocycles. The lowest BCUT2D eigenvalue weighted by Gasteiger charge is -2.50. The van der Waals surface area contributed by atoms with Gasteiger partial charge in [0.05, 0.1) is 17.8 Å². The van der Waals surface area contributed by atoms with Crippen LogP contribution in [0.3, 0.4) is 0 Å². The molecule has 10 unspecified atom stereocenters. The Balaban J connectivity index is 1.43. The first-order chi connectivity index (χ1) is 15.7. The molecule has 0 bridgehead atoms. The molecule has 3 N–H and O–H groups in total. The van der Waals surface area contributed by atoms with Crippen molar-refractivity contribution in [3.05, 3.63) is 0 Å². The first kappa shape index (κ1) is 26.9. The number of hydrogen-bond acceptors (Lipinski definition) is 3. The van der Waals surface area contributed by atoms with Gasteiger partial charge in [-0.2, -0.15) is 0 Å². The van der Waals surface area contributed by atoms with Crippen molar-refractivity contribution in [3.63, 3.8) is 0 Å². The van der Waals surface area contributed by atoms with Gasteiger partial charge >= 0.3 is 0 Å². The average molecular weight is 477 g/mol. The average Bonchev–Trinajstić information content (AvgIpc) is 3.26. The minimum atomic E-state index is -0.590. The van der Waals surface area contributed by atoms with E-state index in [-0.39, 0.29) is 23.0 Å². The lowest BCUT2D eigenvalue weighted by atomic mass is 9.55. The standard InChI is InChI=1S/C31H56O3/c1-20(10-8-15-28(3,4)34)27-24(32)18-23-22(11-9-16-30(23,27)7)12-13-25-29(5,6)26(33)14-17-31(25)19-21(31)2/h20-27,32-34H,8-19H2,1-7H3. The highest BCUT2D eigenvalue weighted by atomic mass is 16.3. The fourth-order valence-corrected chi connectivity index (χ4v) is 10.1. The molecule has 3 nitrogen and oxygen atoms in total. The summed E-state index contributed by atoms with van der Waals surface area (Å²) in [6.07, 6.45) is 13.6. The zero-order chi connectivity index (χ0) is 25.1. The van der Waals surface area contributed by atoms with E-state index in [1.165, 1.54) is 44.9 Å². The van der Waals surface area contributed by atoms with Crippen LogP contribution in [0.25, 0.3) is 0 Å². The van der Waals surface area contributed by atoms with E-state index in [9.17, 15) is 15.3 Å². The monoisotopic (exact) mass is 476 g/mol. The zero-order valence-corrected chi connectivity index (χ0v) is 23.4. The van der Waals surface area contributed by atoms with Crippen LogP contribution in [0.2, 0.25) is 0 Å². The number of fused-ring (bicyclic) bond motifs is 1. The Kier molecular flexibility index (Phi) is 7.38. The van der Waals surface area contributed by atoms with E-state index in [4.69, 9.17) is 0 Å². The summed E-state index contributed by atoms with van der Waals surface area (Å²) in [7, 11) is 0. The number of rotatable bonds is 8. The van der Waals surface area contributed by atoms with Crippen LogP contribution in [0.1, 0.15) is 126 Å². The van der Waals surface area contributed by atoms with Gasteiger partial charge < -0.3 is 15.3 Å². The van der Waals surface area contributed by atoms with Crippen LogP contribution in [0.5, 0.6) is 0 Å². The van der Waals surface area contributed by atoms with E-state index in [2.05, 4.69) is 34.6 Å². The second-order valence-electron chi connectivity index (χ2n) is 15.1. The molecule has 0 aromatic rings. The summed E-state index contributed by atoms with van der Waals surface area (Å²) in [6, 6.07) is 0. The normalized spacial score (nSPS) is 46.9. The molecule has 1 spiro atoms. The van der Waals surface area contributed by atoms with Crippen molar-refractivity contribution < 1.29 is 15.3 Å². The number of aliphatic hydroxyl groups excluding tert-OH is 2. The molecule has 0 aromatic carbocycles. The molecule has 4 fully saturated rings. The topological polar surface area (TPSA) is 60.7 Å². The van der Waals surface area contributed by atoms with Crippen LogP contribution in [0.4, 0.5) is 0 Å². The van der Waals surface area contributed by atoms with Gasteiger partial charge in [0.1, 0.15) is 0 Å². The number of aliphatic hydroxyl groups is 3. The van der Waals surface area contributed by atoms with E-state index in [0.29, 0.717) is 29.1 Å². The van der Waals surface area contributed by atoms with E-state index in [1.807, 2.05) is 13.8 Å². The van der Waals surface area contributed by atoms with Crippen molar-refractivity contribution >= 4 is 0 Å². The van der Waals surface area contributed by atoms with Crippen molar-refractivity contribution in [1.82, 2.24) is 0 Å². The van der Waals surface area contributed by atoms with Gasteiger partial charge in [0.2, 0.25) is 0 Å². The first-order valence-corrected chi connectivity index (χ1v) is 14.8. The summed E-state index contributed by atoms with van der Waals surface area (Å²) in [6.45, 7) is 15.8. The molecule has 0 amide bonds. The molecule has 198 valence electrons. The van der Waals surface area contributed by atoms with E-state index >= 15 is 0 Å². The lowest BCUT2D eigenvalue weighted by Crippen LogP contribution is -2.47. The van der Waals surface area contributed by atoms with Gasteiger partial charge in [-0.1, -0.05) is 60.3 Å². The van der Waals surface area contributed by atoms with Gasteiger partial charge in [0, 0.05) is 0 Å². The molecular weight excluding hydrogens is 420 g/mol. The third-order valence-corrected chi connectivity index (χ3v) is 12.1. The highest BCUT2D eigenvalue weighted by Crippen LogP contribution is 2.69. The van der Waals surface area contributed by atoms with Crippen molar-refractivity contribution in [2.75, 3.05) is 0 Å². The van der Waals surface area contributed by atoms with Crippen molar-refractivity contribution in [1.29, 1.82) is 0 Å². The van der Waals surface area contributed by atoms with Gasteiger partial charge in [0.25, 0.3) is 0 Å². The van der Waals surface area contributed by atoms with Crippen LogP contribution in [0, 0.1) is 51.8 Å². The van der Waals surface area contributed by atoms with Crippen LogP contribution in [-0.2, 0) is 0 Å². The van der Waals surface area contributed by atoms with Crippen molar-refractivity contribution in [2.45, 2.75) is 143 Å². The second-order valence-corrected chi connectivity index (χ2v) is 15.1. The predicted octanol–water partition coefficient (Wildman–Crippen LogP) is 6.97. The molecule has 0 aromatic heterocycles. The minimum absolute atomic E-state index is 0.0215. The summed E-state index contributed by atoms with van der Waals surface area (Å²) in [5, 5.41) is 32.3. The van der Waals surface area contributed by atoms with Crippen LogP contribution >= 0.6 is 0 Å². The van der Waals surface area contributed by atoms with E-state index in [0.717, 1.165) is 43.9 Å². The molecular formula is C31H56O3. The van der Waals surface area contributed by atoms with Gasteiger partial charge in [0.15, 0.2) is 0 Å². The van der Waals surface area contributed by atoms with E-state index < -0.39 is 5.60 Å². The summed E-state index contributed by atoms with van der Waals surface area (Å²) in [4.78, 5) is 0. The Labute approximate surface area is 210 Å². The molecule has 4 rings (SSSR count). The summed E-state index contributed by atoms with van der Waals surface area (Å²) >= 11 is 0. The second kappa shape index (κ2) is 9.32. The van der Waals surface area contributed by atoms with Gasteiger partial charge in [-0.05, 0) is 117 Å². The summed E-state index contributed by atoms with van der Waals surface area (Å²) in [5.74, 6) is 3.72. The Hall–Kier alpha value is -0.120. The maximum absolute atomic E-state index is 11.3. The highest BCUT2D eigenvalue weighted by molar-refractivity contribution is 5.12. The molecule has 0 radical (unpaired) electrons.